The molecule has 0 saturated heterocycles. The summed E-state index contributed by atoms with van der Waals surface area (Å²) in [6.45, 7) is 3.91. The second-order valence-corrected chi connectivity index (χ2v) is 3.31. The Balaban J connectivity index is 2.83. The van der Waals surface area contributed by atoms with Gasteiger partial charge in [0.2, 0.25) is 0 Å². The van der Waals surface area contributed by atoms with Gasteiger partial charge < -0.3 is 5.11 Å². The van der Waals surface area contributed by atoms with Crippen molar-refractivity contribution in [1.82, 2.24) is 10.2 Å². The molecule has 72 valence electrons. The molecule has 0 atom stereocenters. The van der Waals surface area contributed by atoms with Crippen molar-refractivity contribution in [3.63, 3.8) is 0 Å². The molecule has 0 amide bonds. The zero-order valence-electron chi connectivity index (χ0n) is 7.96. The van der Waals surface area contributed by atoms with Crippen LogP contribution in [0.3, 0.4) is 0 Å². The van der Waals surface area contributed by atoms with E-state index in [1.54, 1.807) is 6.07 Å². The lowest BCUT2D eigenvalue weighted by Crippen LogP contribution is -1.96. The maximum atomic E-state index is 10.8. The first-order valence-corrected chi connectivity index (χ1v) is 4.29. The molecule has 1 aromatic carbocycles. The molecule has 2 N–H and O–H groups in total. The predicted molar refractivity (Wildman–Crippen MR) is 52.5 cm³/mol. The van der Waals surface area contributed by atoms with Crippen molar-refractivity contribution in [3.8, 4) is 0 Å². The van der Waals surface area contributed by atoms with Crippen LogP contribution < -0.4 is 0 Å². The number of aryl methyl sites for hydroxylation is 2. The number of H-pyrrole nitrogens is 1. The van der Waals surface area contributed by atoms with E-state index in [1.165, 1.54) is 0 Å². The highest BCUT2D eigenvalue weighted by atomic mass is 16.4. The third-order valence-electron chi connectivity index (χ3n) is 2.46. The topological polar surface area (TPSA) is 66.0 Å². The molecule has 2 aromatic rings. The zero-order valence-corrected chi connectivity index (χ0v) is 7.96. The number of carboxylic acids is 1. The molecule has 0 radical (unpaired) electrons. The van der Waals surface area contributed by atoms with Crippen LogP contribution in [0, 0.1) is 13.8 Å². The number of hydrogen-bond donors (Lipinski definition) is 2. The minimum atomic E-state index is -0.976. The van der Waals surface area contributed by atoms with Gasteiger partial charge in [-0.2, -0.15) is 5.10 Å². The number of rotatable bonds is 1. The maximum Gasteiger partial charge on any atom is 0.354 e. The van der Waals surface area contributed by atoms with Gasteiger partial charge in [-0.3, -0.25) is 5.10 Å². The summed E-state index contributed by atoms with van der Waals surface area (Å²) in [4.78, 5) is 10.8. The molecule has 1 heterocycles. The van der Waals surface area contributed by atoms with Crippen molar-refractivity contribution in [3.05, 3.63) is 29.0 Å². The third kappa shape index (κ3) is 1.08. The van der Waals surface area contributed by atoms with Crippen molar-refractivity contribution in [1.29, 1.82) is 0 Å². The van der Waals surface area contributed by atoms with E-state index in [0.717, 1.165) is 16.6 Å². The third-order valence-corrected chi connectivity index (χ3v) is 2.46. The van der Waals surface area contributed by atoms with Gasteiger partial charge in [0.25, 0.3) is 0 Å². The Morgan fingerprint density at radius 1 is 1.43 bits per heavy atom. The molecular weight excluding hydrogens is 180 g/mol. The fraction of sp³-hybridized carbons (Fsp3) is 0.200. The van der Waals surface area contributed by atoms with Crippen LogP contribution in [0.5, 0.6) is 0 Å². The normalized spacial score (nSPS) is 10.7. The van der Waals surface area contributed by atoms with E-state index in [-0.39, 0.29) is 5.69 Å². The second kappa shape index (κ2) is 2.83. The van der Waals surface area contributed by atoms with Crippen LogP contribution in [-0.4, -0.2) is 21.3 Å². The summed E-state index contributed by atoms with van der Waals surface area (Å²) < 4.78 is 0. The lowest BCUT2D eigenvalue weighted by Gasteiger charge is -1.99. The number of nitrogens with zero attached hydrogens (tertiary/aromatic N) is 1. The Labute approximate surface area is 80.6 Å². The Hall–Kier alpha value is -1.84. The second-order valence-electron chi connectivity index (χ2n) is 3.31. The summed E-state index contributed by atoms with van der Waals surface area (Å²) in [5.74, 6) is -0.976. The molecule has 0 saturated carbocycles. The van der Waals surface area contributed by atoms with Crippen LogP contribution in [0.25, 0.3) is 10.9 Å². The summed E-state index contributed by atoms with van der Waals surface area (Å²) in [7, 11) is 0. The van der Waals surface area contributed by atoms with Crippen molar-refractivity contribution < 1.29 is 9.90 Å². The Kier molecular flexibility index (Phi) is 1.77. The number of nitrogens with one attached hydrogen (secondary N) is 1. The zero-order chi connectivity index (χ0) is 10.3. The number of benzene rings is 1. The largest absolute Gasteiger partial charge is 0.477 e. The number of hydrogen-bond acceptors (Lipinski definition) is 2. The minimum absolute atomic E-state index is 0.156. The first kappa shape index (κ1) is 8.74. The van der Waals surface area contributed by atoms with Gasteiger partial charge in [-0.05, 0) is 25.0 Å². The molecule has 0 spiro atoms. The number of aromatic carboxylic acids is 1. The molecule has 4 nitrogen and oxygen atoms in total. The molecule has 4 heteroatoms. The molecule has 0 aliphatic heterocycles. The van der Waals surface area contributed by atoms with Crippen LogP contribution in [0.4, 0.5) is 0 Å². The Morgan fingerprint density at radius 2 is 2.14 bits per heavy atom. The van der Waals surface area contributed by atoms with Crippen LogP contribution in [-0.2, 0) is 0 Å². The minimum Gasteiger partial charge on any atom is -0.477 e. The van der Waals surface area contributed by atoms with E-state index >= 15 is 0 Å². The first-order chi connectivity index (χ1) is 6.61. The summed E-state index contributed by atoms with van der Waals surface area (Å²) in [6.07, 6.45) is 0. The lowest BCUT2D eigenvalue weighted by molar-refractivity contribution is 0.0692. The van der Waals surface area contributed by atoms with E-state index < -0.39 is 5.97 Å². The maximum absolute atomic E-state index is 10.8. The molecule has 14 heavy (non-hydrogen) atoms. The molecular formula is C10H10N2O2. The highest BCUT2D eigenvalue weighted by Gasteiger charge is 2.13. The monoisotopic (exact) mass is 190 g/mol. The highest BCUT2D eigenvalue weighted by Crippen LogP contribution is 2.21. The molecule has 0 fully saturated rings. The lowest BCUT2D eigenvalue weighted by atomic mass is 10.1. The quantitative estimate of drug-likeness (QED) is 0.721. The fourth-order valence-electron chi connectivity index (χ4n) is 1.48. The van der Waals surface area contributed by atoms with Crippen molar-refractivity contribution >= 4 is 16.9 Å². The SMILES string of the molecule is Cc1ccc2c(C(=O)O)[nH]nc2c1C. The summed E-state index contributed by atoms with van der Waals surface area (Å²) in [5.41, 5.74) is 3.03. The van der Waals surface area contributed by atoms with Crippen LogP contribution >= 0.6 is 0 Å². The Bertz CT molecular complexity index is 514. The Morgan fingerprint density at radius 3 is 2.79 bits per heavy atom. The number of fused-ring (bicyclic) bond motifs is 1. The van der Waals surface area contributed by atoms with E-state index in [0.29, 0.717) is 5.39 Å². The van der Waals surface area contributed by atoms with Crippen LogP contribution in [0.15, 0.2) is 12.1 Å². The highest BCUT2D eigenvalue weighted by molar-refractivity contribution is 6.01. The van der Waals surface area contributed by atoms with Gasteiger partial charge in [0.15, 0.2) is 5.69 Å². The molecule has 2 rings (SSSR count). The number of carboxylic acid groups (broad SMARTS) is 1. The fourth-order valence-corrected chi connectivity index (χ4v) is 1.48. The molecule has 0 unspecified atom stereocenters. The van der Waals surface area contributed by atoms with Gasteiger partial charge >= 0.3 is 5.97 Å². The van der Waals surface area contributed by atoms with Crippen molar-refractivity contribution in [2.24, 2.45) is 0 Å². The van der Waals surface area contributed by atoms with Gasteiger partial charge in [0.1, 0.15) is 0 Å². The van der Waals surface area contributed by atoms with Gasteiger partial charge in [0, 0.05) is 5.39 Å². The van der Waals surface area contributed by atoms with E-state index in [2.05, 4.69) is 10.2 Å². The average Bonchev–Trinajstić information content (AvgIpc) is 2.55. The summed E-state index contributed by atoms with van der Waals surface area (Å²) in [5, 5.41) is 16.1. The van der Waals surface area contributed by atoms with Gasteiger partial charge in [-0.15, -0.1) is 0 Å². The van der Waals surface area contributed by atoms with E-state index in [9.17, 15) is 4.79 Å². The van der Waals surface area contributed by atoms with Gasteiger partial charge in [-0.1, -0.05) is 12.1 Å². The molecule has 0 aliphatic rings. The summed E-state index contributed by atoms with van der Waals surface area (Å²) in [6, 6.07) is 3.68. The van der Waals surface area contributed by atoms with E-state index in [4.69, 9.17) is 5.11 Å². The number of aromatic nitrogens is 2. The van der Waals surface area contributed by atoms with Gasteiger partial charge in [0.05, 0.1) is 5.52 Å². The molecule has 0 aliphatic carbocycles. The number of aromatic amines is 1. The smallest absolute Gasteiger partial charge is 0.354 e. The summed E-state index contributed by atoms with van der Waals surface area (Å²) >= 11 is 0. The van der Waals surface area contributed by atoms with Crippen LogP contribution in [0.2, 0.25) is 0 Å². The number of carbonyl (C=O) groups is 1. The first-order valence-electron chi connectivity index (χ1n) is 4.29. The van der Waals surface area contributed by atoms with Crippen molar-refractivity contribution in [2.75, 3.05) is 0 Å². The van der Waals surface area contributed by atoms with Crippen LogP contribution in [0.1, 0.15) is 21.6 Å². The average molecular weight is 190 g/mol. The van der Waals surface area contributed by atoms with E-state index in [1.807, 2.05) is 19.9 Å². The van der Waals surface area contributed by atoms with Crippen molar-refractivity contribution in [2.45, 2.75) is 13.8 Å². The molecule has 1 aromatic heterocycles. The predicted octanol–water partition coefficient (Wildman–Crippen LogP) is 1.88. The van der Waals surface area contributed by atoms with Gasteiger partial charge in [-0.25, -0.2) is 4.79 Å². The standard InChI is InChI=1S/C10H10N2O2/c1-5-3-4-7-8(6(5)2)11-12-9(7)10(13)14/h3-4H,1-2H3,(H,11,12)(H,13,14). The molecule has 0 bridgehead atoms.